The minimum absolute atomic E-state index is 0.190. The monoisotopic (exact) mass is 332 g/mol. The summed E-state index contributed by atoms with van der Waals surface area (Å²) in [6, 6.07) is 2.03. The molecule has 1 fully saturated rings. The van der Waals surface area contributed by atoms with Crippen molar-refractivity contribution in [1.29, 1.82) is 0 Å². The van der Waals surface area contributed by atoms with Gasteiger partial charge in [-0.2, -0.15) is 5.10 Å². The van der Waals surface area contributed by atoms with E-state index in [1.807, 2.05) is 35.8 Å². The van der Waals surface area contributed by atoms with Crippen LogP contribution < -0.4 is 0 Å². The Bertz CT molecular complexity index is 691. The Hall–Kier alpha value is -1.66. The molecule has 0 unspecified atom stereocenters. The molecular formula is C17H24N4OS. The van der Waals surface area contributed by atoms with Crippen LogP contribution in [0, 0.1) is 13.8 Å². The average molecular weight is 332 g/mol. The first kappa shape index (κ1) is 16.2. The zero-order valence-corrected chi connectivity index (χ0v) is 14.9. The summed E-state index contributed by atoms with van der Waals surface area (Å²) in [5.41, 5.74) is 2.12. The number of carbonyl (C=O) groups is 1. The van der Waals surface area contributed by atoms with Gasteiger partial charge in [-0.1, -0.05) is 0 Å². The van der Waals surface area contributed by atoms with Crippen LogP contribution in [0.1, 0.15) is 32.1 Å². The first-order valence-corrected chi connectivity index (χ1v) is 8.91. The summed E-state index contributed by atoms with van der Waals surface area (Å²) in [6.07, 6.45) is 5.00. The van der Waals surface area contributed by atoms with Crippen LogP contribution in [0.4, 0.5) is 0 Å². The van der Waals surface area contributed by atoms with Gasteiger partial charge >= 0.3 is 0 Å². The number of nitrogens with zero attached hydrogens (tertiary/aromatic N) is 4. The first-order valence-electron chi connectivity index (χ1n) is 8.09. The van der Waals surface area contributed by atoms with Gasteiger partial charge < -0.3 is 4.90 Å². The summed E-state index contributed by atoms with van der Waals surface area (Å²) in [5, 5.41) is 4.23. The summed E-state index contributed by atoms with van der Waals surface area (Å²) in [6.45, 7) is 8.60. The van der Waals surface area contributed by atoms with E-state index >= 15 is 0 Å². The van der Waals surface area contributed by atoms with Crippen molar-refractivity contribution < 1.29 is 4.79 Å². The van der Waals surface area contributed by atoms with Gasteiger partial charge in [0.1, 0.15) is 0 Å². The van der Waals surface area contributed by atoms with Crippen LogP contribution in [0.25, 0.3) is 0 Å². The van der Waals surface area contributed by atoms with Crippen LogP contribution in [-0.2, 0) is 13.6 Å². The number of aromatic nitrogens is 2. The highest BCUT2D eigenvalue weighted by Gasteiger charge is 2.22. The third kappa shape index (κ3) is 3.82. The second kappa shape index (κ2) is 6.84. The molecule has 1 saturated heterocycles. The Balaban J connectivity index is 1.62. The zero-order valence-electron chi connectivity index (χ0n) is 14.1. The predicted molar refractivity (Wildman–Crippen MR) is 92.8 cm³/mol. The molecule has 124 valence electrons. The number of carbonyl (C=O) groups excluding carboxylic acids is 1. The maximum absolute atomic E-state index is 12.8. The lowest BCUT2D eigenvalue weighted by atomic mass is 10.2. The Morgan fingerprint density at radius 1 is 1.26 bits per heavy atom. The maximum atomic E-state index is 12.8. The summed E-state index contributed by atoms with van der Waals surface area (Å²) < 4.78 is 1.84. The largest absolute Gasteiger partial charge is 0.337 e. The van der Waals surface area contributed by atoms with Crippen molar-refractivity contribution in [2.75, 3.05) is 26.2 Å². The van der Waals surface area contributed by atoms with Crippen molar-refractivity contribution in [1.82, 2.24) is 19.6 Å². The van der Waals surface area contributed by atoms with Crippen molar-refractivity contribution in [3.05, 3.63) is 39.3 Å². The van der Waals surface area contributed by atoms with Gasteiger partial charge in [0.15, 0.2) is 0 Å². The number of hydrogen-bond donors (Lipinski definition) is 0. The predicted octanol–water partition coefficient (Wildman–Crippen LogP) is 2.45. The first-order chi connectivity index (χ1) is 11.0. The van der Waals surface area contributed by atoms with Crippen LogP contribution in [0.5, 0.6) is 0 Å². The Morgan fingerprint density at radius 3 is 2.74 bits per heavy atom. The van der Waals surface area contributed by atoms with Crippen molar-refractivity contribution in [3.8, 4) is 0 Å². The molecule has 1 amide bonds. The van der Waals surface area contributed by atoms with Crippen molar-refractivity contribution >= 4 is 17.2 Å². The van der Waals surface area contributed by atoms with E-state index in [4.69, 9.17) is 0 Å². The molecule has 6 heteroatoms. The average Bonchev–Trinajstić information content (AvgIpc) is 2.96. The molecule has 2 aromatic heterocycles. The molecule has 0 bridgehead atoms. The molecule has 3 heterocycles. The Labute approximate surface area is 141 Å². The zero-order chi connectivity index (χ0) is 16.4. The molecule has 5 nitrogen and oxygen atoms in total. The highest BCUT2D eigenvalue weighted by Crippen LogP contribution is 2.22. The lowest BCUT2D eigenvalue weighted by Gasteiger charge is -2.21. The molecule has 3 rings (SSSR count). The number of aryl methyl sites for hydroxylation is 3. The van der Waals surface area contributed by atoms with Gasteiger partial charge in [-0.3, -0.25) is 14.4 Å². The molecule has 0 spiro atoms. The van der Waals surface area contributed by atoms with E-state index < -0.39 is 0 Å². The van der Waals surface area contributed by atoms with E-state index in [0.29, 0.717) is 0 Å². The SMILES string of the molecule is Cc1cc(C(=O)N2CCCN(Cc3cnn(C)c3)CC2)c(C)s1. The molecule has 0 aliphatic carbocycles. The molecule has 0 radical (unpaired) electrons. The van der Waals surface area contributed by atoms with E-state index in [1.54, 1.807) is 11.3 Å². The molecular weight excluding hydrogens is 308 g/mol. The summed E-state index contributed by atoms with van der Waals surface area (Å²) >= 11 is 1.70. The van der Waals surface area contributed by atoms with Gasteiger partial charge in [0, 0.05) is 61.3 Å². The number of rotatable bonds is 3. The van der Waals surface area contributed by atoms with Crippen LogP contribution >= 0.6 is 11.3 Å². The molecule has 1 aliphatic rings. The quantitative estimate of drug-likeness (QED) is 0.867. The highest BCUT2D eigenvalue weighted by molar-refractivity contribution is 7.12. The molecule has 0 atom stereocenters. The normalized spacial score (nSPS) is 16.6. The summed E-state index contributed by atoms with van der Waals surface area (Å²) in [4.78, 5) is 19.5. The van der Waals surface area contributed by atoms with Crippen molar-refractivity contribution in [2.24, 2.45) is 7.05 Å². The number of amides is 1. The van der Waals surface area contributed by atoms with E-state index in [2.05, 4.69) is 23.1 Å². The van der Waals surface area contributed by atoms with E-state index in [9.17, 15) is 4.79 Å². The smallest absolute Gasteiger partial charge is 0.255 e. The highest BCUT2D eigenvalue weighted by atomic mass is 32.1. The fourth-order valence-electron chi connectivity index (χ4n) is 3.16. The Kier molecular flexibility index (Phi) is 4.82. The van der Waals surface area contributed by atoms with Crippen LogP contribution in [0.3, 0.4) is 0 Å². The molecule has 23 heavy (non-hydrogen) atoms. The molecule has 1 aliphatic heterocycles. The van der Waals surface area contributed by atoms with Crippen LogP contribution in [-0.4, -0.2) is 51.7 Å². The van der Waals surface area contributed by atoms with Gasteiger partial charge in [0.25, 0.3) is 5.91 Å². The van der Waals surface area contributed by atoms with Crippen molar-refractivity contribution in [2.45, 2.75) is 26.8 Å². The summed E-state index contributed by atoms with van der Waals surface area (Å²) in [7, 11) is 1.94. The van der Waals surface area contributed by atoms with Gasteiger partial charge in [-0.25, -0.2) is 0 Å². The fourth-order valence-corrected chi connectivity index (χ4v) is 4.07. The summed E-state index contributed by atoms with van der Waals surface area (Å²) in [5.74, 6) is 0.190. The van der Waals surface area contributed by atoms with E-state index in [1.165, 1.54) is 10.4 Å². The molecule has 0 saturated carbocycles. The standard InChI is InChI=1S/C17H24N4OS/c1-13-9-16(14(2)23-13)17(22)21-6-4-5-20(7-8-21)12-15-10-18-19(3)11-15/h9-11H,4-8,12H2,1-3H3. The van der Waals surface area contributed by atoms with Crippen LogP contribution in [0.15, 0.2) is 18.5 Å². The number of hydrogen-bond acceptors (Lipinski definition) is 4. The van der Waals surface area contributed by atoms with Gasteiger partial charge in [-0.05, 0) is 26.3 Å². The lowest BCUT2D eigenvalue weighted by Crippen LogP contribution is -2.35. The minimum Gasteiger partial charge on any atom is -0.337 e. The molecule has 0 aromatic carbocycles. The second-order valence-corrected chi connectivity index (χ2v) is 7.73. The maximum Gasteiger partial charge on any atom is 0.255 e. The molecule has 0 N–H and O–H groups in total. The van der Waals surface area contributed by atoms with E-state index in [0.717, 1.165) is 49.6 Å². The Morgan fingerprint density at radius 2 is 2.09 bits per heavy atom. The van der Waals surface area contributed by atoms with Gasteiger partial charge in [0.2, 0.25) is 0 Å². The van der Waals surface area contributed by atoms with E-state index in [-0.39, 0.29) is 5.91 Å². The van der Waals surface area contributed by atoms with Crippen molar-refractivity contribution in [3.63, 3.8) is 0 Å². The van der Waals surface area contributed by atoms with Crippen LogP contribution in [0.2, 0.25) is 0 Å². The fraction of sp³-hybridized carbons (Fsp3) is 0.529. The van der Waals surface area contributed by atoms with Gasteiger partial charge in [-0.15, -0.1) is 11.3 Å². The second-order valence-electron chi connectivity index (χ2n) is 6.27. The third-order valence-electron chi connectivity index (χ3n) is 4.31. The minimum atomic E-state index is 0.190. The molecule has 2 aromatic rings. The third-order valence-corrected chi connectivity index (χ3v) is 5.28. The van der Waals surface area contributed by atoms with Gasteiger partial charge in [0.05, 0.1) is 11.8 Å². The lowest BCUT2D eigenvalue weighted by molar-refractivity contribution is 0.0761. The number of thiophene rings is 1. The topological polar surface area (TPSA) is 41.4 Å².